The quantitative estimate of drug-likeness (QED) is 0.573. The molecule has 0 saturated heterocycles. The van der Waals surface area contributed by atoms with Crippen LogP contribution < -0.4 is 0 Å². The second-order valence-electron chi connectivity index (χ2n) is 2.33. The number of hydrogen-bond donors (Lipinski definition) is 0. The minimum atomic E-state index is 0.109. The molecule has 0 saturated carbocycles. The van der Waals surface area contributed by atoms with Gasteiger partial charge in [-0.05, 0) is 12.1 Å². The molecule has 0 aliphatic heterocycles. The summed E-state index contributed by atoms with van der Waals surface area (Å²) in [5.74, 6) is 0. The van der Waals surface area contributed by atoms with Gasteiger partial charge in [-0.1, -0.05) is 0 Å². The molecule has 62 valence electrons. The van der Waals surface area contributed by atoms with Gasteiger partial charge in [-0.15, -0.1) is 0 Å². The van der Waals surface area contributed by atoms with E-state index >= 15 is 0 Å². The molecule has 0 amide bonds. The summed E-state index contributed by atoms with van der Waals surface area (Å²) in [5.41, 5.74) is 0.475. The van der Waals surface area contributed by atoms with E-state index in [1.54, 1.807) is 12.1 Å². The Balaban J connectivity index is 3.60. The molecule has 0 aromatic heterocycles. The molecule has 4 nitrogen and oxygen atoms in total. The van der Waals surface area contributed by atoms with Crippen molar-refractivity contribution in [1.29, 1.82) is 10.5 Å². The van der Waals surface area contributed by atoms with E-state index in [1.165, 1.54) is 12.1 Å². The summed E-state index contributed by atoms with van der Waals surface area (Å²) >= 11 is 0. The Labute approximate surface area is 80.9 Å². The fourth-order valence-electron chi connectivity index (χ4n) is 0.941. The highest BCUT2D eigenvalue weighted by atomic mass is 14.7. The van der Waals surface area contributed by atoms with Gasteiger partial charge in [-0.25, -0.2) is 9.69 Å². The summed E-state index contributed by atoms with van der Waals surface area (Å²) in [4.78, 5) is 6.20. The van der Waals surface area contributed by atoms with E-state index in [1.807, 2.05) is 0 Å². The summed E-state index contributed by atoms with van der Waals surface area (Å²) in [6.45, 7) is 13.6. The van der Waals surface area contributed by atoms with Crippen LogP contribution in [0, 0.1) is 35.8 Å². The lowest BCUT2D eigenvalue weighted by atomic mass is 10.1. The maximum absolute atomic E-state index is 8.65. The van der Waals surface area contributed by atoms with Gasteiger partial charge < -0.3 is 0 Å². The Bertz CT molecular complexity index is 445. The van der Waals surface area contributed by atoms with Crippen LogP contribution in [0.15, 0.2) is 12.1 Å². The van der Waals surface area contributed by atoms with Crippen LogP contribution in [0.25, 0.3) is 9.69 Å². The predicted octanol–water partition coefficient (Wildman–Crippen LogP) is 2.53. The molecular weight excluding hydrogens is 176 g/mol. The molecule has 0 radical (unpaired) electrons. The summed E-state index contributed by atoms with van der Waals surface area (Å²) in [6.07, 6.45) is 0. The van der Waals surface area contributed by atoms with E-state index in [4.69, 9.17) is 23.7 Å². The molecule has 0 fully saturated rings. The van der Waals surface area contributed by atoms with Gasteiger partial charge in [0.2, 0.25) is 0 Å². The van der Waals surface area contributed by atoms with E-state index in [9.17, 15) is 0 Å². The van der Waals surface area contributed by atoms with Crippen molar-refractivity contribution in [3.05, 3.63) is 46.1 Å². The minimum Gasteiger partial charge on any atom is -0.238 e. The average Bonchev–Trinajstić information content (AvgIpc) is 2.26. The molecule has 14 heavy (non-hydrogen) atoms. The third-order valence-corrected chi connectivity index (χ3v) is 1.60. The van der Waals surface area contributed by atoms with Gasteiger partial charge in [0, 0.05) is 0 Å². The SMILES string of the molecule is [C-]#[N+]c1cc([N+]#[C-])c(C#N)cc1C#N. The van der Waals surface area contributed by atoms with Crippen LogP contribution in [0.2, 0.25) is 0 Å². The lowest BCUT2D eigenvalue weighted by molar-refractivity contribution is 1.46. The molecule has 4 heteroatoms. The van der Waals surface area contributed by atoms with Gasteiger partial charge in [0.05, 0.1) is 36.4 Å². The van der Waals surface area contributed by atoms with E-state index in [0.717, 1.165) is 0 Å². The van der Waals surface area contributed by atoms with Crippen molar-refractivity contribution in [2.24, 2.45) is 0 Å². The standard InChI is InChI=1S/C10H2N4/c1-13-9-4-10(14-2)8(6-12)3-7(9)5-11/h3-4H. The van der Waals surface area contributed by atoms with Crippen molar-refractivity contribution in [3.63, 3.8) is 0 Å². The lowest BCUT2D eigenvalue weighted by Crippen LogP contribution is -1.80. The fraction of sp³-hybridized carbons (Fsp3) is 0. The highest BCUT2D eigenvalue weighted by Gasteiger charge is 2.08. The molecule has 1 aromatic carbocycles. The molecule has 0 heterocycles. The van der Waals surface area contributed by atoms with Gasteiger partial charge in [-0.2, -0.15) is 10.5 Å². The number of nitriles is 2. The van der Waals surface area contributed by atoms with Crippen molar-refractivity contribution in [2.75, 3.05) is 0 Å². The Morgan fingerprint density at radius 1 is 0.929 bits per heavy atom. The molecule has 0 N–H and O–H groups in total. The maximum atomic E-state index is 8.65. The second-order valence-corrected chi connectivity index (χ2v) is 2.33. The number of nitrogens with zero attached hydrogens (tertiary/aromatic N) is 4. The molecule has 0 aliphatic rings. The number of rotatable bonds is 0. The molecule has 0 unspecified atom stereocenters. The first-order chi connectivity index (χ1) is 6.76. The third-order valence-electron chi connectivity index (χ3n) is 1.60. The molecule has 0 bridgehead atoms. The normalized spacial score (nSPS) is 7.71. The van der Waals surface area contributed by atoms with Crippen LogP contribution in [0.5, 0.6) is 0 Å². The van der Waals surface area contributed by atoms with Crippen molar-refractivity contribution in [2.45, 2.75) is 0 Å². The van der Waals surface area contributed by atoms with Crippen molar-refractivity contribution in [3.8, 4) is 12.1 Å². The second kappa shape index (κ2) is 3.72. The summed E-state index contributed by atoms with van der Waals surface area (Å²) in [5, 5.41) is 17.3. The zero-order chi connectivity index (χ0) is 10.6. The summed E-state index contributed by atoms with van der Waals surface area (Å²) < 4.78 is 0. The fourth-order valence-corrected chi connectivity index (χ4v) is 0.941. The first kappa shape index (κ1) is 9.27. The van der Waals surface area contributed by atoms with E-state index < -0.39 is 0 Å². The van der Waals surface area contributed by atoms with Crippen molar-refractivity contribution >= 4 is 11.4 Å². The van der Waals surface area contributed by atoms with Crippen LogP contribution in [-0.2, 0) is 0 Å². The largest absolute Gasteiger partial charge is 0.238 e. The van der Waals surface area contributed by atoms with Crippen LogP contribution in [-0.4, -0.2) is 0 Å². The monoisotopic (exact) mass is 178 g/mol. The van der Waals surface area contributed by atoms with Crippen LogP contribution in [0.3, 0.4) is 0 Å². The highest BCUT2D eigenvalue weighted by molar-refractivity contribution is 5.72. The Morgan fingerprint density at radius 2 is 1.36 bits per heavy atom. The van der Waals surface area contributed by atoms with Crippen molar-refractivity contribution in [1.82, 2.24) is 0 Å². The molecule has 0 atom stereocenters. The van der Waals surface area contributed by atoms with Crippen LogP contribution >= 0.6 is 0 Å². The third kappa shape index (κ3) is 1.37. The number of hydrogen-bond acceptors (Lipinski definition) is 2. The lowest BCUT2D eigenvalue weighted by Gasteiger charge is -1.97. The van der Waals surface area contributed by atoms with Gasteiger partial charge in [0.15, 0.2) is 11.4 Å². The van der Waals surface area contributed by atoms with E-state index in [2.05, 4.69) is 9.69 Å². The van der Waals surface area contributed by atoms with Gasteiger partial charge >= 0.3 is 0 Å². The summed E-state index contributed by atoms with van der Waals surface area (Å²) in [6, 6.07) is 6.14. The van der Waals surface area contributed by atoms with Gasteiger partial charge in [-0.3, -0.25) is 0 Å². The topological polar surface area (TPSA) is 56.3 Å². The minimum absolute atomic E-state index is 0.109. The predicted molar refractivity (Wildman–Crippen MR) is 48.4 cm³/mol. The molecule has 1 rings (SSSR count). The first-order valence-corrected chi connectivity index (χ1v) is 3.50. The Hall–Kier alpha value is -2.82. The van der Waals surface area contributed by atoms with E-state index in [-0.39, 0.29) is 22.5 Å². The Kier molecular flexibility index (Phi) is 2.46. The van der Waals surface area contributed by atoms with Gasteiger partial charge in [0.25, 0.3) is 0 Å². The first-order valence-electron chi connectivity index (χ1n) is 3.50. The van der Waals surface area contributed by atoms with E-state index in [0.29, 0.717) is 0 Å². The molecular formula is C10H2N4. The van der Waals surface area contributed by atoms with Crippen LogP contribution in [0.1, 0.15) is 11.1 Å². The van der Waals surface area contributed by atoms with Crippen LogP contribution in [0.4, 0.5) is 11.4 Å². The zero-order valence-electron chi connectivity index (χ0n) is 6.94. The molecule has 0 aliphatic carbocycles. The van der Waals surface area contributed by atoms with Crippen molar-refractivity contribution < 1.29 is 0 Å². The smallest absolute Gasteiger partial charge is 0.194 e. The molecule has 0 spiro atoms. The average molecular weight is 178 g/mol. The number of benzene rings is 1. The van der Waals surface area contributed by atoms with Gasteiger partial charge in [0.1, 0.15) is 0 Å². The zero-order valence-corrected chi connectivity index (χ0v) is 6.94. The summed E-state index contributed by atoms with van der Waals surface area (Å²) in [7, 11) is 0. The molecule has 1 aromatic rings. The maximum Gasteiger partial charge on any atom is 0.194 e. The Morgan fingerprint density at radius 3 is 1.64 bits per heavy atom. The highest BCUT2D eigenvalue weighted by Crippen LogP contribution is 2.28.